The van der Waals surface area contributed by atoms with Gasteiger partial charge in [0.25, 0.3) is 0 Å². The molecule has 0 amide bonds. The summed E-state index contributed by atoms with van der Waals surface area (Å²) < 4.78 is 26.6. The molecule has 0 saturated heterocycles. The number of carbonyl (C=O) groups excluding carboxylic acids is 1. The highest BCUT2D eigenvalue weighted by Gasteiger charge is 2.39. The molecule has 0 aliphatic heterocycles. The van der Waals surface area contributed by atoms with Gasteiger partial charge in [0.1, 0.15) is 12.4 Å². The zero-order valence-corrected chi connectivity index (χ0v) is 25.4. The number of hydrogen-bond acceptors (Lipinski definition) is 5. The van der Waals surface area contributed by atoms with Crippen LogP contribution in [0.1, 0.15) is 50.3 Å². The molecule has 0 fully saturated rings. The van der Waals surface area contributed by atoms with Gasteiger partial charge in [-0.1, -0.05) is 112 Å². The Morgan fingerprint density at radius 1 is 0.650 bits per heavy atom. The quantitative estimate of drug-likeness (QED) is 0.104. The predicted octanol–water partition coefficient (Wildman–Crippen LogP) is 7.74. The Morgan fingerprint density at radius 2 is 1.12 bits per heavy atom. The second-order valence-corrected chi connectivity index (χ2v) is 15.0. The molecule has 0 radical (unpaired) electrons. The third-order valence-corrected chi connectivity index (χ3v) is 12.3. The maximum absolute atomic E-state index is 11.5. The van der Waals surface area contributed by atoms with E-state index >= 15 is 0 Å². The highest BCUT2D eigenvalue weighted by atomic mass is 28.4. The molecule has 0 aromatic heterocycles. The van der Waals surface area contributed by atoms with Crippen LogP contribution >= 0.6 is 0 Å². The van der Waals surface area contributed by atoms with Crippen molar-refractivity contribution < 1.29 is 23.4 Å². The summed E-state index contributed by atoms with van der Waals surface area (Å²) in [7, 11) is -2.03. The molecule has 0 N–H and O–H groups in total. The molecule has 0 aliphatic rings. The number of benzene rings is 3. The second-order valence-electron chi connectivity index (χ2n) is 10.2. The SMILES string of the molecule is CC[Si](CC)(CC)O[C@H](COCc1ccccc1)[C@@H](OCc1ccccc1)[C@@H](CCC=O)OCc1ccccc1. The van der Waals surface area contributed by atoms with E-state index < -0.39 is 14.4 Å². The fraction of sp³-hybridized carbons (Fsp3) is 0.441. The normalized spacial score (nSPS) is 14.0. The summed E-state index contributed by atoms with van der Waals surface area (Å²) >= 11 is 0. The first-order valence-electron chi connectivity index (χ1n) is 14.7. The molecule has 0 aliphatic carbocycles. The van der Waals surface area contributed by atoms with E-state index in [0.717, 1.165) is 41.1 Å². The van der Waals surface area contributed by atoms with Gasteiger partial charge in [-0.3, -0.25) is 0 Å². The minimum absolute atomic E-state index is 0.327. The van der Waals surface area contributed by atoms with E-state index in [-0.39, 0.29) is 12.2 Å². The van der Waals surface area contributed by atoms with Gasteiger partial charge in [-0.2, -0.15) is 0 Å². The number of rotatable bonds is 20. The molecule has 6 heteroatoms. The molecule has 40 heavy (non-hydrogen) atoms. The van der Waals surface area contributed by atoms with Crippen LogP contribution in [0.2, 0.25) is 18.1 Å². The highest BCUT2D eigenvalue weighted by molar-refractivity contribution is 6.73. The summed E-state index contributed by atoms with van der Waals surface area (Å²) in [4.78, 5) is 11.5. The van der Waals surface area contributed by atoms with E-state index in [1.165, 1.54) is 0 Å². The van der Waals surface area contributed by atoms with E-state index in [4.69, 9.17) is 18.6 Å². The maximum atomic E-state index is 11.5. The van der Waals surface area contributed by atoms with Gasteiger partial charge in [0.15, 0.2) is 8.32 Å². The van der Waals surface area contributed by atoms with Crippen LogP contribution in [0.5, 0.6) is 0 Å². The Morgan fingerprint density at radius 3 is 1.60 bits per heavy atom. The molecule has 0 saturated carbocycles. The zero-order valence-electron chi connectivity index (χ0n) is 24.4. The highest BCUT2D eigenvalue weighted by Crippen LogP contribution is 2.28. The summed E-state index contributed by atoms with van der Waals surface area (Å²) in [6, 6.07) is 33.5. The summed E-state index contributed by atoms with van der Waals surface area (Å²) in [5, 5.41) is 0. The maximum Gasteiger partial charge on any atom is 0.192 e. The molecule has 5 nitrogen and oxygen atoms in total. The van der Waals surface area contributed by atoms with Crippen molar-refractivity contribution >= 4 is 14.6 Å². The van der Waals surface area contributed by atoms with Gasteiger partial charge in [-0.25, -0.2) is 0 Å². The van der Waals surface area contributed by atoms with Crippen LogP contribution in [0.25, 0.3) is 0 Å². The Bertz CT molecular complexity index is 1050. The van der Waals surface area contributed by atoms with Crippen LogP contribution < -0.4 is 0 Å². The van der Waals surface area contributed by atoms with Crippen molar-refractivity contribution in [2.75, 3.05) is 6.61 Å². The molecule has 0 heterocycles. The second kappa shape index (κ2) is 17.9. The van der Waals surface area contributed by atoms with E-state index in [1.54, 1.807) is 0 Å². The lowest BCUT2D eigenvalue weighted by Crippen LogP contribution is -2.51. The monoisotopic (exact) mass is 562 g/mol. The Hall–Kier alpha value is -2.61. The Labute approximate surface area is 242 Å². The minimum atomic E-state index is -2.03. The predicted molar refractivity (Wildman–Crippen MR) is 164 cm³/mol. The van der Waals surface area contributed by atoms with Crippen molar-refractivity contribution in [1.82, 2.24) is 0 Å². The summed E-state index contributed by atoms with van der Waals surface area (Å²) in [5.74, 6) is 0. The topological polar surface area (TPSA) is 54.0 Å². The van der Waals surface area contributed by atoms with Gasteiger partial charge in [-0.15, -0.1) is 0 Å². The van der Waals surface area contributed by atoms with Gasteiger partial charge < -0.3 is 23.4 Å². The molecular weight excluding hydrogens is 516 g/mol. The van der Waals surface area contributed by atoms with Gasteiger partial charge >= 0.3 is 0 Å². The van der Waals surface area contributed by atoms with Crippen molar-refractivity contribution in [3.63, 3.8) is 0 Å². The van der Waals surface area contributed by atoms with Crippen molar-refractivity contribution in [3.05, 3.63) is 108 Å². The lowest BCUT2D eigenvalue weighted by Gasteiger charge is -2.39. The summed E-state index contributed by atoms with van der Waals surface area (Å²) in [6.07, 6.45) is 0.824. The Balaban J connectivity index is 1.90. The third kappa shape index (κ3) is 10.4. The number of ether oxygens (including phenoxy) is 3. The average molecular weight is 563 g/mol. The number of hydrogen-bond donors (Lipinski definition) is 0. The van der Waals surface area contributed by atoms with Crippen LogP contribution in [0.4, 0.5) is 0 Å². The van der Waals surface area contributed by atoms with Crippen molar-refractivity contribution in [2.45, 2.75) is 89.9 Å². The molecule has 0 bridgehead atoms. The van der Waals surface area contributed by atoms with Gasteiger partial charge in [0.2, 0.25) is 0 Å². The first-order valence-corrected chi connectivity index (χ1v) is 17.2. The molecule has 0 unspecified atom stereocenters. The first kappa shape index (κ1) is 31.9. The van der Waals surface area contributed by atoms with Crippen molar-refractivity contribution in [3.8, 4) is 0 Å². The lowest BCUT2D eigenvalue weighted by molar-refractivity contribution is -0.146. The Kier molecular flexibility index (Phi) is 14.3. The molecule has 3 aromatic rings. The van der Waals surface area contributed by atoms with Crippen molar-refractivity contribution in [1.29, 1.82) is 0 Å². The van der Waals surface area contributed by atoms with Crippen LogP contribution in [-0.4, -0.2) is 39.5 Å². The minimum Gasteiger partial charge on any atom is -0.409 e. The van der Waals surface area contributed by atoms with Crippen LogP contribution in [0.3, 0.4) is 0 Å². The zero-order chi connectivity index (χ0) is 28.5. The molecule has 3 atom stereocenters. The van der Waals surface area contributed by atoms with Gasteiger partial charge in [0, 0.05) is 6.42 Å². The summed E-state index contributed by atoms with van der Waals surface area (Å²) in [5.41, 5.74) is 3.28. The summed E-state index contributed by atoms with van der Waals surface area (Å²) in [6.45, 7) is 8.44. The third-order valence-electron chi connectivity index (χ3n) is 7.62. The molecule has 0 spiro atoms. The fourth-order valence-corrected chi connectivity index (χ4v) is 7.80. The van der Waals surface area contributed by atoms with E-state index in [0.29, 0.717) is 39.3 Å². The molecular formula is C34H46O5Si. The van der Waals surface area contributed by atoms with Crippen LogP contribution in [0, 0.1) is 0 Å². The van der Waals surface area contributed by atoms with Gasteiger partial charge in [0.05, 0.1) is 38.6 Å². The first-order chi connectivity index (χ1) is 19.6. The lowest BCUT2D eigenvalue weighted by atomic mass is 10.0. The molecule has 3 rings (SSSR count). The molecule has 3 aromatic carbocycles. The largest absolute Gasteiger partial charge is 0.409 e. The molecule has 216 valence electrons. The average Bonchev–Trinajstić information content (AvgIpc) is 3.02. The van der Waals surface area contributed by atoms with E-state index in [2.05, 4.69) is 57.2 Å². The van der Waals surface area contributed by atoms with Crippen molar-refractivity contribution in [2.24, 2.45) is 0 Å². The van der Waals surface area contributed by atoms with E-state index in [9.17, 15) is 4.79 Å². The smallest absolute Gasteiger partial charge is 0.192 e. The van der Waals surface area contributed by atoms with E-state index in [1.807, 2.05) is 54.6 Å². The van der Waals surface area contributed by atoms with Crippen LogP contribution in [-0.2, 0) is 43.3 Å². The standard InChI is InChI=1S/C34H46O5Si/c1-4-40(5-2,6-3)39-33(28-36-25-29-17-10-7-11-18-29)34(38-27-31-21-14-9-15-22-31)32(23-16-24-35)37-26-30-19-12-8-13-20-30/h7-15,17-22,24,32-34H,4-6,16,23,25-28H2,1-3H3/t32-,33-,34+/m1/s1. The van der Waals surface area contributed by atoms with Crippen LogP contribution in [0.15, 0.2) is 91.0 Å². The fourth-order valence-electron chi connectivity index (χ4n) is 4.96. The number of aldehydes is 1. The van der Waals surface area contributed by atoms with Gasteiger partial charge in [-0.05, 0) is 41.2 Å². The number of carbonyl (C=O) groups is 1.